The molecular weight excluding hydrogens is 326 g/mol. The zero-order valence-corrected chi connectivity index (χ0v) is 16.2. The van der Waals surface area contributed by atoms with Gasteiger partial charge in [-0.15, -0.1) is 0 Å². The summed E-state index contributed by atoms with van der Waals surface area (Å²) in [6.45, 7) is 7.64. The second kappa shape index (κ2) is 7.68. The summed E-state index contributed by atoms with van der Waals surface area (Å²) in [6, 6.07) is 5.93. The van der Waals surface area contributed by atoms with Crippen LogP contribution in [0.3, 0.4) is 0 Å². The highest BCUT2D eigenvalue weighted by Gasteiger charge is 2.41. The average Bonchev–Trinajstić information content (AvgIpc) is 2.63. The third-order valence-corrected chi connectivity index (χ3v) is 5.82. The fourth-order valence-electron chi connectivity index (χ4n) is 4.10. The zero-order valence-electron chi connectivity index (χ0n) is 16.2. The average molecular weight is 357 g/mol. The van der Waals surface area contributed by atoms with E-state index in [0.29, 0.717) is 18.7 Å². The van der Waals surface area contributed by atoms with Crippen LogP contribution in [0, 0.1) is 12.8 Å². The Hall–Kier alpha value is -2.04. The van der Waals surface area contributed by atoms with E-state index >= 15 is 0 Å². The Bertz CT molecular complexity index is 678. The van der Waals surface area contributed by atoms with Crippen LogP contribution < -0.4 is 10.6 Å². The number of amides is 2. The Labute approximate surface area is 156 Å². The molecule has 1 spiro atoms. The van der Waals surface area contributed by atoms with Crippen LogP contribution in [0.1, 0.15) is 68.3 Å². The van der Waals surface area contributed by atoms with Gasteiger partial charge in [0.1, 0.15) is 5.66 Å². The van der Waals surface area contributed by atoms with Crippen molar-refractivity contribution in [1.82, 2.24) is 10.2 Å². The first-order valence-electron chi connectivity index (χ1n) is 9.98. The van der Waals surface area contributed by atoms with Gasteiger partial charge < -0.3 is 15.5 Å². The van der Waals surface area contributed by atoms with E-state index in [2.05, 4.69) is 24.5 Å². The van der Waals surface area contributed by atoms with Crippen LogP contribution in [0.15, 0.2) is 18.2 Å². The van der Waals surface area contributed by atoms with Gasteiger partial charge in [-0.05, 0) is 31.9 Å². The van der Waals surface area contributed by atoms with Crippen molar-refractivity contribution in [1.29, 1.82) is 0 Å². The molecule has 1 saturated heterocycles. The molecule has 2 aliphatic heterocycles. The molecule has 1 aromatic carbocycles. The number of nitrogens with zero attached hydrogens (tertiary/aromatic N) is 1. The summed E-state index contributed by atoms with van der Waals surface area (Å²) in [7, 11) is 0. The maximum atomic E-state index is 12.8. The van der Waals surface area contributed by atoms with Crippen molar-refractivity contribution in [3.63, 3.8) is 0 Å². The van der Waals surface area contributed by atoms with E-state index in [1.165, 1.54) is 0 Å². The van der Waals surface area contributed by atoms with Crippen molar-refractivity contribution in [3.05, 3.63) is 29.3 Å². The zero-order chi connectivity index (χ0) is 18.7. The lowest BCUT2D eigenvalue weighted by atomic mass is 9.90. The molecule has 2 N–H and O–H groups in total. The first-order valence-corrected chi connectivity index (χ1v) is 9.98. The minimum absolute atomic E-state index is 0.0170. The van der Waals surface area contributed by atoms with Gasteiger partial charge in [-0.25, -0.2) is 0 Å². The quantitative estimate of drug-likeness (QED) is 0.845. The summed E-state index contributed by atoms with van der Waals surface area (Å²) in [4.78, 5) is 27.4. The molecule has 26 heavy (non-hydrogen) atoms. The maximum absolute atomic E-state index is 12.8. The summed E-state index contributed by atoms with van der Waals surface area (Å²) in [5, 5.41) is 6.70. The van der Waals surface area contributed by atoms with Gasteiger partial charge in [-0.3, -0.25) is 9.59 Å². The fourth-order valence-corrected chi connectivity index (χ4v) is 4.10. The fraction of sp³-hybridized carbons (Fsp3) is 0.619. The molecule has 2 amide bonds. The highest BCUT2D eigenvalue weighted by Crippen LogP contribution is 2.32. The molecule has 1 atom stereocenters. The largest absolute Gasteiger partial charge is 0.362 e. The number of aryl methyl sites for hydroxylation is 1. The number of hydrogen-bond acceptors (Lipinski definition) is 3. The lowest BCUT2D eigenvalue weighted by Crippen LogP contribution is -2.63. The van der Waals surface area contributed by atoms with Crippen LogP contribution in [0.5, 0.6) is 0 Å². The smallest absolute Gasteiger partial charge is 0.255 e. The second-order valence-corrected chi connectivity index (χ2v) is 7.78. The highest BCUT2D eigenvalue weighted by molar-refractivity contribution is 6.02. The SMILES string of the molecule is CCCCC(CC)C(=O)N1CCC2(CC1)NC(=O)c1cc(C)ccc1N2. The normalized spacial score (nSPS) is 19.5. The van der Waals surface area contributed by atoms with Gasteiger partial charge in [0.2, 0.25) is 5.91 Å². The number of nitrogens with one attached hydrogen (secondary N) is 2. The minimum Gasteiger partial charge on any atom is -0.362 e. The molecule has 1 fully saturated rings. The van der Waals surface area contributed by atoms with Gasteiger partial charge >= 0.3 is 0 Å². The molecule has 0 radical (unpaired) electrons. The first kappa shape index (κ1) is 18.7. The van der Waals surface area contributed by atoms with E-state index in [0.717, 1.165) is 49.8 Å². The number of hydrogen-bond donors (Lipinski definition) is 2. The Kier molecular flexibility index (Phi) is 5.54. The van der Waals surface area contributed by atoms with Crippen LogP contribution in [0.25, 0.3) is 0 Å². The molecule has 5 nitrogen and oxygen atoms in total. The van der Waals surface area contributed by atoms with Crippen molar-refractivity contribution in [2.75, 3.05) is 18.4 Å². The van der Waals surface area contributed by atoms with Crippen molar-refractivity contribution >= 4 is 17.5 Å². The number of rotatable bonds is 5. The lowest BCUT2D eigenvalue weighted by molar-refractivity contribution is -0.137. The van der Waals surface area contributed by atoms with Gasteiger partial charge in [-0.2, -0.15) is 0 Å². The molecule has 0 aliphatic carbocycles. The van der Waals surface area contributed by atoms with E-state index in [1.54, 1.807) is 0 Å². The summed E-state index contributed by atoms with van der Waals surface area (Å²) in [5.41, 5.74) is 2.25. The standard InChI is InChI=1S/C21H31N3O2/c1-4-6-7-16(5-2)20(26)24-12-10-21(11-13-24)22-18-9-8-15(3)14-17(18)19(25)23-21/h8-9,14,16,22H,4-7,10-13H2,1-3H3,(H,23,25). The third kappa shape index (κ3) is 3.71. The molecule has 5 heteroatoms. The van der Waals surface area contributed by atoms with E-state index in [4.69, 9.17) is 0 Å². The van der Waals surface area contributed by atoms with E-state index in [9.17, 15) is 9.59 Å². The molecule has 142 valence electrons. The number of likely N-dealkylation sites (tertiary alicyclic amines) is 1. The summed E-state index contributed by atoms with van der Waals surface area (Å²) in [5.74, 6) is 0.409. The van der Waals surface area contributed by atoms with Crippen LogP contribution >= 0.6 is 0 Å². The Morgan fingerprint density at radius 2 is 1.96 bits per heavy atom. The lowest BCUT2D eigenvalue weighted by Gasteiger charge is -2.46. The molecule has 0 aromatic heterocycles. The summed E-state index contributed by atoms with van der Waals surface area (Å²) >= 11 is 0. The molecule has 1 unspecified atom stereocenters. The number of fused-ring (bicyclic) bond motifs is 1. The van der Waals surface area contributed by atoms with Crippen LogP contribution in [0.2, 0.25) is 0 Å². The molecular formula is C21H31N3O2. The first-order chi connectivity index (χ1) is 12.5. The van der Waals surface area contributed by atoms with Crippen LogP contribution in [0.4, 0.5) is 5.69 Å². The number of anilines is 1. The number of piperidine rings is 1. The third-order valence-electron chi connectivity index (χ3n) is 5.82. The predicted octanol–water partition coefficient (Wildman–Crippen LogP) is 3.69. The molecule has 3 rings (SSSR count). The van der Waals surface area contributed by atoms with E-state index in [1.807, 2.05) is 30.0 Å². The van der Waals surface area contributed by atoms with Gasteiger partial charge in [0, 0.05) is 37.5 Å². The van der Waals surface area contributed by atoms with Crippen molar-refractivity contribution in [2.24, 2.45) is 5.92 Å². The topological polar surface area (TPSA) is 61.4 Å². The van der Waals surface area contributed by atoms with Gasteiger partial charge in [0.25, 0.3) is 5.91 Å². The number of benzene rings is 1. The molecule has 2 heterocycles. The number of unbranched alkanes of at least 4 members (excludes halogenated alkanes) is 1. The number of carbonyl (C=O) groups is 2. The van der Waals surface area contributed by atoms with Crippen molar-refractivity contribution < 1.29 is 9.59 Å². The Morgan fingerprint density at radius 1 is 1.23 bits per heavy atom. The molecule has 0 saturated carbocycles. The monoisotopic (exact) mass is 357 g/mol. The van der Waals surface area contributed by atoms with E-state index < -0.39 is 5.66 Å². The Balaban J connectivity index is 1.65. The minimum atomic E-state index is -0.429. The van der Waals surface area contributed by atoms with Crippen LogP contribution in [-0.2, 0) is 4.79 Å². The van der Waals surface area contributed by atoms with Crippen LogP contribution in [-0.4, -0.2) is 35.5 Å². The number of carbonyl (C=O) groups excluding carboxylic acids is 2. The molecule has 1 aromatic rings. The van der Waals surface area contributed by atoms with Gasteiger partial charge in [0.05, 0.1) is 5.56 Å². The van der Waals surface area contributed by atoms with Crippen molar-refractivity contribution in [2.45, 2.75) is 65.0 Å². The van der Waals surface area contributed by atoms with E-state index in [-0.39, 0.29) is 17.7 Å². The Morgan fingerprint density at radius 3 is 2.62 bits per heavy atom. The highest BCUT2D eigenvalue weighted by atomic mass is 16.2. The van der Waals surface area contributed by atoms with Gasteiger partial charge in [-0.1, -0.05) is 38.3 Å². The predicted molar refractivity (Wildman–Crippen MR) is 104 cm³/mol. The maximum Gasteiger partial charge on any atom is 0.255 e. The van der Waals surface area contributed by atoms with Gasteiger partial charge in [0.15, 0.2) is 0 Å². The molecule has 2 aliphatic rings. The summed E-state index contributed by atoms with van der Waals surface area (Å²) in [6.07, 6.45) is 5.60. The second-order valence-electron chi connectivity index (χ2n) is 7.78. The van der Waals surface area contributed by atoms with Crippen molar-refractivity contribution in [3.8, 4) is 0 Å². The molecule has 0 bridgehead atoms. The summed E-state index contributed by atoms with van der Waals surface area (Å²) < 4.78 is 0.